The molecule has 0 heterocycles. The molecule has 124 valence electrons. The van der Waals surface area contributed by atoms with Crippen LogP contribution in [0.2, 0.25) is 5.02 Å². The van der Waals surface area contributed by atoms with Crippen LogP contribution in [0.5, 0.6) is 11.5 Å². The summed E-state index contributed by atoms with van der Waals surface area (Å²) in [6.07, 6.45) is 0.338. The molecule has 0 amide bonds. The Balaban J connectivity index is 1.97. The number of hydrogen-bond donors (Lipinski definition) is 3. The first kappa shape index (κ1) is 17.6. The minimum Gasteiger partial charge on any atom is -0.508 e. The Morgan fingerprint density at radius 1 is 1.26 bits per heavy atom. The van der Waals surface area contributed by atoms with E-state index in [0.29, 0.717) is 29.4 Å². The molecule has 23 heavy (non-hydrogen) atoms. The Morgan fingerprint density at radius 3 is 2.65 bits per heavy atom. The van der Waals surface area contributed by atoms with Crippen molar-refractivity contribution in [3.05, 3.63) is 58.6 Å². The molecular formula is C18H22ClNO3. The van der Waals surface area contributed by atoms with Gasteiger partial charge < -0.3 is 14.9 Å². The Morgan fingerprint density at radius 2 is 2.00 bits per heavy atom. The highest BCUT2D eigenvalue weighted by Crippen LogP contribution is 2.27. The molecule has 0 radical (unpaired) electrons. The van der Waals surface area contributed by atoms with Gasteiger partial charge in [0.25, 0.3) is 0 Å². The van der Waals surface area contributed by atoms with E-state index < -0.39 is 5.72 Å². The molecule has 2 aromatic rings. The van der Waals surface area contributed by atoms with Crippen LogP contribution in [-0.4, -0.2) is 16.8 Å². The number of hydrogen-bond acceptors (Lipinski definition) is 4. The molecule has 0 aromatic heterocycles. The van der Waals surface area contributed by atoms with E-state index in [0.717, 1.165) is 5.56 Å². The SMILES string of the molecule is Cc1cc(O)ccc1OCC(C)CC(N)(O)c1cccc(Cl)c1. The number of ether oxygens (including phenoxy) is 1. The molecule has 2 aromatic carbocycles. The lowest BCUT2D eigenvalue weighted by Gasteiger charge is -2.27. The number of nitrogens with two attached hydrogens (primary N) is 1. The van der Waals surface area contributed by atoms with Gasteiger partial charge in [0.15, 0.2) is 0 Å². The van der Waals surface area contributed by atoms with Crippen molar-refractivity contribution in [1.82, 2.24) is 0 Å². The number of aromatic hydroxyl groups is 1. The van der Waals surface area contributed by atoms with Crippen LogP contribution in [0, 0.1) is 12.8 Å². The van der Waals surface area contributed by atoms with Crippen molar-refractivity contribution in [2.75, 3.05) is 6.61 Å². The molecule has 0 saturated heterocycles. The molecule has 0 fully saturated rings. The molecule has 4 N–H and O–H groups in total. The van der Waals surface area contributed by atoms with E-state index in [1.165, 1.54) is 0 Å². The fourth-order valence-electron chi connectivity index (χ4n) is 2.49. The van der Waals surface area contributed by atoms with Crippen LogP contribution in [0.1, 0.15) is 24.5 Å². The molecule has 0 bridgehead atoms. The second-order valence-electron chi connectivity index (χ2n) is 6.00. The zero-order valence-electron chi connectivity index (χ0n) is 13.3. The number of phenols is 1. The second-order valence-corrected chi connectivity index (χ2v) is 6.44. The summed E-state index contributed by atoms with van der Waals surface area (Å²) in [6.45, 7) is 4.23. The monoisotopic (exact) mass is 335 g/mol. The molecule has 0 aliphatic carbocycles. The quantitative estimate of drug-likeness (QED) is 0.705. The van der Waals surface area contributed by atoms with Gasteiger partial charge in [0.1, 0.15) is 17.2 Å². The van der Waals surface area contributed by atoms with Crippen LogP contribution in [0.4, 0.5) is 0 Å². The maximum absolute atomic E-state index is 10.5. The maximum atomic E-state index is 10.5. The Bertz CT molecular complexity index is 673. The number of phenolic OH excluding ortho intramolecular Hbond substituents is 1. The Labute approximate surface area is 141 Å². The van der Waals surface area contributed by atoms with E-state index >= 15 is 0 Å². The first-order valence-corrected chi connectivity index (χ1v) is 7.85. The number of aliphatic hydroxyl groups is 1. The van der Waals surface area contributed by atoms with Gasteiger partial charge in [-0.2, -0.15) is 0 Å². The van der Waals surface area contributed by atoms with Gasteiger partial charge in [0.2, 0.25) is 0 Å². The molecule has 0 aliphatic rings. The van der Waals surface area contributed by atoms with Gasteiger partial charge >= 0.3 is 0 Å². The second kappa shape index (κ2) is 7.21. The lowest BCUT2D eigenvalue weighted by atomic mass is 9.93. The predicted octanol–water partition coefficient (Wildman–Crippen LogP) is 3.56. The first-order chi connectivity index (χ1) is 10.8. The molecule has 0 spiro atoms. The van der Waals surface area contributed by atoms with E-state index in [1.807, 2.05) is 13.8 Å². The van der Waals surface area contributed by atoms with Crippen LogP contribution in [0.3, 0.4) is 0 Å². The van der Waals surface area contributed by atoms with Crippen molar-refractivity contribution in [2.24, 2.45) is 11.7 Å². The fraction of sp³-hybridized carbons (Fsp3) is 0.333. The van der Waals surface area contributed by atoms with Crippen LogP contribution in [0.15, 0.2) is 42.5 Å². The van der Waals surface area contributed by atoms with Crippen molar-refractivity contribution in [3.63, 3.8) is 0 Å². The largest absolute Gasteiger partial charge is 0.508 e. The first-order valence-electron chi connectivity index (χ1n) is 7.47. The molecule has 2 unspecified atom stereocenters. The normalized spacial score (nSPS) is 15.0. The highest BCUT2D eigenvalue weighted by molar-refractivity contribution is 6.30. The van der Waals surface area contributed by atoms with Crippen molar-refractivity contribution in [1.29, 1.82) is 0 Å². The summed E-state index contributed by atoms with van der Waals surface area (Å²) < 4.78 is 5.76. The van der Waals surface area contributed by atoms with Crippen molar-refractivity contribution < 1.29 is 14.9 Å². The minimum atomic E-state index is -1.46. The summed E-state index contributed by atoms with van der Waals surface area (Å²) in [4.78, 5) is 0. The summed E-state index contributed by atoms with van der Waals surface area (Å²) in [5, 5.41) is 20.4. The fourth-order valence-corrected chi connectivity index (χ4v) is 2.68. The number of rotatable bonds is 6. The van der Waals surface area contributed by atoms with Crippen molar-refractivity contribution in [2.45, 2.75) is 26.0 Å². The van der Waals surface area contributed by atoms with Crippen LogP contribution >= 0.6 is 11.6 Å². The number of aryl methyl sites for hydroxylation is 1. The smallest absolute Gasteiger partial charge is 0.140 e. The van der Waals surface area contributed by atoms with E-state index in [-0.39, 0.29) is 11.7 Å². The van der Waals surface area contributed by atoms with Crippen molar-refractivity contribution >= 4 is 11.6 Å². The van der Waals surface area contributed by atoms with E-state index in [9.17, 15) is 10.2 Å². The maximum Gasteiger partial charge on any atom is 0.140 e. The summed E-state index contributed by atoms with van der Waals surface area (Å²) in [6, 6.07) is 11.9. The third-order valence-corrected chi connectivity index (χ3v) is 3.90. The van der Waals surface area contributed by atoms with Gasteiger partial charge in [-0.05, 0) is 60.7 Å². The Hall–Kier alpha value is -1.75. The van der Waals surface area contributed by atoms with E-state index in [4.69, 9.17) is 22.1 Å². The topological polar surface area (TPSA) is 75.7 Å². The van der Waals surface area contributed by atoms with Gasteiger partial charge in [0, 0.05) is 5.02 Å². The summed E-state index contributed by atoms with van der Waals surface area (Å²) in [5.41, 5.74) is 6.01. The molecule has 0 aliphatic heterocycles. The van der Waals surface area contributed by atoms with Crippen molar-refractivity contribution in [3.8, 4) is 11.5 Å². The molecule has 0 saturated carbocycles. The zero-order chi connectivity index (χ0) is 17.0. The van der Waals surface area contributed by atoms with Gasteiger partial charge in [0.05, 0.1) is 6.61 Å². The van der Waals surface area contributed by atoms with Gasteiger partial charge in [-0.1, -0.05) is 30.7 Å². The third kappa shape index (κ3) is 4.86. The number of benzene rings is 2. The van der Waals surface area contributed by atoms with Crippen LogP contribution < -0.4 is 10.5 Å². The van der Waals surface area contributed by atoms with Gasteiger partial charge in [-0.15, -0.1) is 0 Å². The third-order valence-electron chi connectivity index (χ3n) is 3.67. The molecule has 2 rings (SSSR count). The van der Waals surface area contributed by atoms with E-state index in [2.05, 4.69) is 0 Å². The minimum absolute atomic E-state index is 0.0252. The zero-order valence-corrected chi connectivity index (χ0v) is 14.0. The highest BCUT2D eigenvalue weighted by Gasteiger charge is 2.27. The average Bonchev–Trinajstić information content (AvgIpc) is 2.46. The number of halogens is 1. The van der Waals surface area contributed by atoms with Gasteiger partial charge in [-0.25, -0.2) is 0 Å². The Kier molecular flexibility index (Phi) is 5.52. The molecular weight excluding hydrogens is 314 g/mol. The van der Waals surface area contributed by atoms with Crippen LogP contribution in [-0.2, 0) is 5.72 Å². The van der Waals surface area contributed by atoms with Crippen LogP contribution in [0.25, 0.3) is 0 Å². The summed E-state index contributed by atoms with van der Waals surface area (Å²) in [7, 11) is 0. The molecule has 5 heteroatoms. The average molecular weight is 336 g/mol. The predicted molar refractivity (Wildman–Crippen MR) is 91.7 cm³/mol. The summed E-state index contributed by atoms with van der Waals surface area (Å²) in [5.74, 6) is 0.940. The standard InChI is InChI=1S/C18H22ClNO3/c1-12(11-23-17-7-6-16(21)8-13(17)2)10-18(20,22)14-4-3-5-15(19)9-14/h3-9,12,21-22H,10-11,20H2,1-2H3. The lowest BCUT2D eigenvalue weighted by molar-refractivity contribution is 0.0126. The van der Waals surface area contributed by atoms with Gasteiger partial charge in [-0.3, -0.25) is 5.73 Å². The lowest BCUT2D eigenvalue weighted by Crippen LogP contribution is -2.39. The highest BCUT2D eigenvalue weighted by atomic mass is 35.5. The van der Waals surface area contributed by atoms with E-state index in [1.54, 1.807) is 42.5 Å². The molecule has 2 atom stereocenters. The summed E-state index contributed by atoms with van der Waals surface area (Å²) >= 11 is 5.95. The molecule has 4 nitrogen and oxygen atoms in total.